The molecule has 2 unspecified atom stereocenters. The van der Waals surface area contributed by atoms with Gasteiger partial charge in [-0.25, -0.2) is 0 Å². The first kappa shape index (κ1) is 16.0. The van der Waals surface area contributed by atoms with Crippen molar-refractivity contribution in [2.45, 2.75) is 26.3 Å². The first-order valence-electron chi connectivity index (χ1n) is 8.31. The van der Waals surface area contributed by atoms with E-state index >= 15 is 0 Å². The van der Waals surface area contributed by atoms with Gasteiger partial charge in [-0.15, -0.1) is 0 Å². The van der Waals surface area contributed by atoms with Gasteiger partial charge < -0.3 is 15.5 Å². The maximum Gasteiger partial charge on any atom is 0.228 e. The van der Waals surface area contributed by atoms with Crippen molar-refractivity contribution in [3.05, 3.63) is 35.9 Å². The number of carbonyl (C=O) groups excluding carboxylic acids is 2. The molecule has 2 atom stereocenters. The van der Waals surface area contributed by atoms with E-state index in [0.29, 0.717) is 32.6 Å². The Hall–Kier alpha value is -1.88. The third kappa shape index (κ3) is 3.39. The maximum absolute atomic E-state index is 12.7. The summed E-state index contributed by atoms with van der Waals surface area (Å²) in [4.78, 5) is 28.6. The number of hydrogen-bond donors (Lipinski definition) is 1. The molecule has 5 heteroatoms. The van der Waals surface area contributed by atoms with Crippen molar-refractivity contribution >= 4 is 11.8 Å². The first-order valence-corrected chi connectivity index (χ1v) is 8.31. The number of carbonyl (C=O) groups is 2. The summed E-state index contributed by atoms with van der Waals surface area (Å²) in [6.07, 6.45) is 1.28. The highest BCUT2D eigenvalue weighted by Gasteiger charge is 2.41. The molecule has 23 heavy (non-hydrogen) atoms. The van der Waals surface area contributed by atoms with Crippen LogP contribution in [0.25, 0.3) is 0 Å². The molecule has 2 N–H and O–H groups in total. The van der Waals surface area contributed by atoms with Crippen LogP contribution in [0.15, 0.2) is 30.3 Å². The average Bonchev–Trinajstić information content (AvgIpc) is 3.12. The van der Waals surface area contributed by atoms with Crippen LogP contribution in [0, 0.1) is 11.3 Å². The monoisotopic (exact) mass is 315 g/mol. The van der Waals surface area contributed by atoms with E-state index in [2.05, 4.69) is 6.92 Å². The number of likely N-dealkylation sites (tertiary alicyclic amines) is 2. The first-order chi connectivity index (χ1) is 11.0. The lowest BCUT2D eigenvalue weighted by Gasteiger charge is -2.24. The molecular formula is C18H25N3O2. The predicted molar refractivity (Wildman–Crippen MR) is 88.3 cm³/mol. The summed E-state index contributed by atoms with van der Waals surface area (Å²) >= 11 is 0. The van der Waals surface area contributed by atoms with E-state index in [0.717, 1.165) is 18.5 Å². The summed E-state index contributed by atoms with van der Waals surface area (Å²) in [7, 11) is 0. The number of rotatable bonds is 4. The Kier molecular flexibility index (Phi) is 4.39. The number of nitrogens with two attached hydrogens (primary N) is 1. The zero-order valence-corrected chi connectivity index (χ0v) is 13.7. The van der Waals surface area contributed by atoms with E-state index in [-0.39, 0.29) is 23.1 Å². The van der Waals surface area contributed by atoms with Gasteiger partial charge >= 0.3 is 0 Å². The van der Waals surface area contributed by atoms with Gasteiger partial charge in [0.15, 0.2) is 0 Å². The normalized spacial score (nSPS) is 27.7. The van der Waals surface area contributed by atoms with Gasteiger partial charge in [-0.1, -0.05) is 37.3 Å². The lowest BCUT2D eigenvalue weighted by Crippen LogP contribution is -2.38. The van der Waals surface area contributed by atoms with Crippen molar-refractivity contribution in [1.82, 2.24) is 9.80 Å². The van der Waals surface area contributed by atoms with E-state index in [1.165, 1.54) is 0 Å². The zero-order chi connectivity index (χ0) is 16.4. The van der Waals surface area contributed by atoms with Crippen LogP contribution < -0.4 is 5.73 Å². The lowest BCUT2D eigenvalue weighted by molar-refractivity contribution is -0.135. The molecule has 2 heterocycles. The third-order valence-corrected chi connectivity index (χ3v) is 5.14. The molecule has 0 aliphatic carbocycles. The Morgan fingerprint density at radius 1 is 1.35 bits per heavy atom. The lowest BCUT2D eigenvalue weighted by atomic mass is 9.90. The average molecular weight is 315 g/mol. The molecule has 3 rings (SSSR count). The molecule has 0 bridgehead atoms. The van der Waals surface area contributed by atoms with Crippen molar-refractivity contribution in [1.29, 1.82) is 0 Å². The molecule has 0 aromatic heterocycles. The molecular weight excluding hydrogens is 290 g/mol. The van der Waals surface area contributed by atoms with E-state index < -0.39 is 0 Å². The van der Waals surface area contributed by atoms with Gasteiger partial charge in [-0.3, -0.25) is 9.59 Å². The molecule has 0 saturated carbocycles. The van der Waals surface area contributed by atoms with Crippen molar-refractivity contribution in [2.24, 2.45) is 17.1 Å². The van der Waals surface area contributed by atoms with Crippen LogP contribution in [0.3, 0.4) is 0 Å². The molecule has 2 saturated heterocycles. The summed E-state index contributed by atoms with van der Waals surface area (Å²) in [5, 5.41) is 0. The van der Waals surface area contributed by atoms with Crippen LogP contribution in [-0.4, -0.2) is 47.8 Å². The number of hydrogen-bond acceptors (Lipinski definition) is 3. The standard InChI is InChI=1S/C18H25N3O2/c1-18(12-19)7-8-20(13-18)17(23)15-9-16(22)21(11-15)10-14-5-3-2-4-6-14/h2-6,15H,7-13,19H2,1H3. The van der Waals surface area contributed by atoms with E-state index in [1.54, 1.807) is 4.90 Å². The molecule has 1 aromatic carbocycles. The SMILES string of the molecule is CC1(CN)CCN(C(=O)C2CC(=O)N(Cc3ccccc3)C2)C1. The van der Waals surface area contributed by atoms with Gasteiger partial charge in [-0.05, 0) is 23.9 Å². The predicted octanol–water partition coefficient (Wildman–Crippen LogP) is 1.23. The second kappa shape index (κ2) is 6.32. The van der Waals surface area contributed by atoms with E-state index in [9.17, 15) is 9.59 Å². The minimum atomic E-state index is -0.202. The largest absolute Gasteiger partial charge is 0.342 e. The van der Waals surface area contributed by atoms with Crippen LogP contribution in [-0.2, 0) is 16.1 Å². The molecule has 2 aliphatic rings. The van der Waals surface area contributed by atoms with Crippen molar-refractivity contribution < 1.29 is 9.59 Å². The minimum Gasteiger partial charge on any atom is -0.342 e. The summed E-state index contributed by atoms with van der Waals surface area (Å²) in [5.41, 5.74) is 6.95. The highest BCUT2D eigenvalue weighted by molar-refractivity contribution is 5.89. The molecule has 124 valence electrons. The summed E-state index contributed by atoms with van der Waals surface area (Å²) < 4.78 is 0. The second-order valence-corrected chi connectivity index (χ2v) is 7.19. The zero-order valence-electron chi connectivity index (χ0n) is 13.7. The summed E-state index contributed by atoms with van der Waals surface area (Å²) in [6.45, 7) is 5.32. The summed E-state index contributed by atoms with van der Waals surface area (Å²) in [5.74, 6) is -0.00888. The fraction of sp³-hybridized carbons (Fsp3) is 0.556. The molecule has 2 amide bonds. The molecule has 2 aliphatic heterocycles. The van der Waals surface area contributed by atoms with Crippen LogP contribution >= 0.6 is 0 Å². The van der Waals surface area contributed by atoms with Crippen LogP contribution in [0.2, 0.25) is 0 Å². The van der Waals surface area contributed by atoms with Gasteiger partial charge in [0.25, 0.3) is 0 Å². The van der Waals surface area contributed by atoms with Crippen molar-refractivity contribution in [3.63, 3.8) is 0 Å². The molecule has 2 fully saturated rings. The van der Waals surface area contributed by atoms with Gasteiger partial charge in [0.05, 0.1) is 5.92 Å². The third-order valence-electron chi connectivity index (χ3n) is 5.14. The van der Waals surface area contributed by atoms with Gasteiger partial charge in [-0.2, -0.15) is 0 Å². The number of benzene rings is 1. The highest BCUT2D eigenvalue weighted by Crippen LogP contribution is 2.31. The molecule has 1 aromatic rings. The van der Waals surface area contributed by atoms with E-state index in [1.807, 2.05) is 35.2 Å². The second-order valence-electron chi connectivity index (χ2n) is 7.19. The fourth-order valence-corrected chi connectivity index (χ4v) is 3.53. The van der Waals surface area contributed by atoms with Gasteiger partial charge in [0.2, 0.25) is 11.8 Å². The quantitative estimate of drug-likeness (QED) is 0.909. The van der Waals surface area contributed by atoms with Gasteiger partial charge in [0, 0.05) is 32.6 Å². The molecule has 5 nitrogen and oxygen atoms in total. The Morgan fingerprint density at radius 2 is 2.09 bits per heavy atom. The van der Waals surface area contributed by atoms with Crippen LogP contribution in [0.4, 0.5) is 0 Å². The molecule has 0 spiro atoms. The fourth-order valence-electron chi connectivity index (χ4n) is 3.53. The van der Waals surface area contributed by atoms with Crippen molar-refractivity contribution in [2.75, 3.05) is 26.2 Å². The van der Waals surface area contributed by atoms with Gasteiger partial charge in [0.1, 0.15) is 0 Å². The number of amides is 2. The topological polar surface area (TPSA) is 66.6 Å². The Morgan fingerprint density at radius 3 is 2.74 bits per heavy atom. The Balaban J connectivity index is 1.60. The van der Waals surface area contributed by atoms with Crippen LogP contribution in [0.5, 0.6) is 0 Å². The molecule has 0 radical (unpaired) electrons. The minimum absolute atomic E-state index is 0.0298. The van der Waals surface area contributed by atoms with Crippen molar-refractivity contribution in [3.8, 4) is 0 Å². The van der Waals surface area contributed by atoms with Crippen LogP contribution in [0.1, 0.15) is 25.3 Å². The smallest absolute Gasteiger partial charge is 0.228 e. The highest BCUT2D eigenvalue weighted by atomic mass is 16.2. The maximum atomic E-state index is 12.7. The number of nitrogens with zero attached hydrogens (tertiary/aromatic N) is 2. The Labute approximate surface area is 137 Å². The summed E-state index contributed by atoms with van der Waals surface area (Å²) in [6, 6.07) is 9.92. The Bertz CT molecular complexity index is 589. The van der Waals surface area contributed by atoms with E-state index in [4.69, 9.17) is 5.73 Å².